The van der Waals surface area contributed by atoms with Gasteiger partial charge in [-0.15, -0.1) is 0 Å². The molecule has 0 bridgehead atoms. The quantitative estimate of drug-likeness (QED) is 0.828. The third-order valence-electron chi connectivity index (χ3n) is 2.06. The van der Waals surface area contributed by atoms with Gasteiger partial charge in [-0.1, -0.05) is 11.6 Å². The fraction of sp³-hybridized carbons (Fsp3) is 0.300. The summed E-state index contributed by atoms with van der Waals surface area (Å²) in [5.74, 6) is -1.48. The fourth-order valence-electron chi connectivity index (χ4n) is 1.29. The molecular weight excluding hydrogens is 259 g/mol. The zero-order valence-corrected chi connectivity index (χ0v) is 9.27. The Bertz CT molecular complexity index is 446. The van der Waals surface area contributed by atoms with Crippen LogP contribution in [0.3, 0.4) is 0 Å². The van der Waals surface area contributed by atoms with Crippen LogP contribution in [-0.2, 0) is 6.18 Å². The van der Waals surface area contributed by atoms with Gasteiger partial charge in [0.2, 0.25) is 0 Å². The molecule has 3 N–H and O–H groups in total. The Balaban J connectivity index is 3.36. The van der Waals surface area contributed by atoms with Gasteiger partial charge < -0.3 is 10.8 Å². The van der Waals surface area contributed by atoms with E-state index >= 15 is 0 Å². The molecule has 0 aliphatic carbocycles. The van der Waals surface area contributed by atoms with Crippen molar-refractivity contribution in [3.8, 4) is 5.75 Å². The second-order valence-corrected chi connectivity index (χ2v) is 3.72. The van der Waals surface area contributed by atoms with Crippen LogP contribution in [0.15, 0.2) is 12.1 Å². The molecule has 0 aliphatic rings. The molecule has 0 radical (unpaired) electrons. The largest absolute Gasteiger partial charge is 0.506 e. The van der Waals surface area contributed by atoms with Crippen LogP contribution < -0.4 is 5.73 Å². The zero-order valence-electron chi connectivity index (χ0n) is 8.51. The van der Waals surface area contributed by atoms with Crippen LogP contribution in [0.25, 0.3) is 0 Å². The van der Waals surface area contributed by atoms with Gasteiger partial charge in [0.15, 0.2) is 5.78 Å². The number of rotatable bonds is 3. The van der Waals surface area contributed by atoms with E-state index in [4.69, 9.17) is 22.4 Å². The lowest BCUT2D eigenvalue weighted by Crippen LogP contribution is -2.15. The smallest absolute Gasteiger partial charge is 0.417 e. The summed E-state index contributed by atoms with van der Waals surface area (Å²) in [6.45, 7) is -0.0609. The van der Waals surface area contributed by atoms with E-state index in [2.05, 4.69) is 0 Å². The number of nitrogens with two attached hydrogens (primary N) is 1. The Morgan fingerprint density at radius 1 is 1.41 bits per heavy atom. The number of hydrogen-bond acceptors (Lipinski definition) is 3. The summed E-state index contributed by atoms with van der Waals surface area (Å²) in [7, 11) is 0. The van der Waals surface area contributed by atoms with Crippen molar-refractivity contribution in [2.24, 2.45) is 5.73 Å². The van der Waals surface area contributed by atoms with E-state index in [1.54, 1.807) is 0 Å². The SMILES string of the molecule is NCCC(=O)c1cc(Cl)c(O)cc1C(F)(F)F. The molecule has 1 rings (SSSR count). The van der Waals surface area contributed by atoms with Crippen molar-refractivity contribution in [2.45, 2.75) is 12.6 Å². The molecule has 0 saturated heterocycles. The molecule has 0 aliphatic heterocycles. The molecular formula is C10H9ClF3NO2. The van der Waals surface area contributed by atoms with Gasteiger partial charge in [0, 0.05) is 12.0 Å². The topological polar surface area (TPSA) is 63.3 Å². The third kappa shape index (κ3) is 3.10. The number of alkyl halides is 3. The molecule has 94 valence electrons. The van der Waals surface area contributed by atoms with Crippen LogP contribution in [0.4, 0.5) is 13.2 Å². The van der Waals surface area contributed by atoms with Gasteiger partial charge in [-0.3, -0.25) is 4.79 Å². The van der Waals surface area contributed by atoms with Crippen molar-refractivity contribution < 1.29 is 23.1 Å². The predicted octanol–water partition coefficient (Wildman–Crippen LogP) is 2.60. The lowest BCUT2D eigenvalue weighted by Gasteiger charge is -2.13. The highest BCUT2D eigenvalue weighted by molar-refractivity contribution is 6.32. The Morgan fingerprint density at radius 2 is 2.00 bits per heavy atom. The summed E-state index contributed by atoms with van der Waals surface area (Å²) in [6, 6.07) is 1.24. The third-order valence-corrected chi connectivity index (χ3v) is 2.37. The van der Waals surface area contributed by atoms with E-state index in [9.17, 15) is 18.0 Å². The molecule has 0 spiro atoms. The molecule has 0 fully saturated rings. The molecule has 7 heteroatoms. The monoisotopic (exact) mass is 267 g/mol. The number of hydrogen-bond donors (Lipinski definition) is 2. The van der Waals surface area contributed by atoms with E-state index in [0.717, 1.165) is 6.07 Å². The molecule has 17 heavy (non-hydrogen) atoms. The Hall–Kier alpha value is -1.27. The van der Waals surface area contributed by atoms with E-state index in [1.165, 1.54) is 0 Å². The lowest BCUT2D eigenvalue weighted by molar-refractivity contribution is -0.138. The maximum atomic E-state index is 12.6. The first-order chi connectivity index (χ1) is 7.77. The minimum Gasteiger partial charge on any atom is -0.506 e. The van der Waals surface area contributed by atoms with Crippen molar-refractivity contribution >= 4 is 17.4 Å². The minimum atomic E-state index is -4.73. The van der Waals surface area contributed by atoms with Crippen molar-refractivity contribution in [3.05, 3.63) is 28.3 Å². The summed E-state index contributed by atoms with van der Waals surface area (Å²) < 4.78 is 37.9. The van der Waals surface area contributed by atoms with Crippen molar-refractivity contribution in [1.82, 2.24) is 0 Å². The van der Waals surface area contributed by atoms with Gasteiger partial charge in [0.05, 0.1) is 10.6 Å². The number of carbonyl (C=O) groups is 1. The molecule has 1 aromatic carbocycles. The predicted molar refractivity (Wildman–Crippen MR) is 56.1 cm³/mol. The van der Waals surface area contributed by atoms with Crippen molar-refractivity contribution in [1.29, 1.82) is 0 Å². The molecule has 3 nitrogen and oxygen atoms in total. The molecule has 1 aromatic rings. The first kappa shape index (κ1) is 13.8. The van der Waals surface area contributed by atoms with Crippen LogP contribution in [-0.4, -0.2) is 17.4 Å². The molecule has 0 aromatic heterocycles. The average molecular weight is 268 g/mol. The summed E-state index contributed by atoms with van der Waals surface area (Å²) in [4.78, 5) is 11.5. The summed E-state index contributed by atoms with van der Waals surface area (Å²) >= 11 is 5.48. The standard InChI is InChI=1S/C10H9ClF3NO2/c11-7-3-5(8(16)1-2-15)6(4-9(7)17)10(12,13)14/h3-4,17H,1-2,15H2. The number of benzene rings is 1. The molecule has 0 heterocycles. The van der Waals surface area contributed by atoms with Gasteiger partial charge in [-0.05, 0) is 18.7 Å². The summed E-state index contributed by atoms with van der Waals surface area (Å²) in [5.41, 5.74) is 3.32. The molecule has 0 amide bonds. The molecule has 0 unspecified atom stereocenters. The Labute approximate surface area is 100.0 Å². The highest BCUT2D eigenvalue weighted by Gasteiger charge is 2.36. The van der Waals surface area contributed by atoms with Gasteiger partial charge in [-0.2, -0.15) is 13.2 Å². The zero-order chi connectivity index (χ0) is 13.2. The second kappa shape index (κ2) is 4.93. The lowest BCUT2D eigenvalue weighted by atomic mass is 10.0. The van der Waals surface area contributed by atoms with E-state index in [-0.39, 0.29) is 18.0 Å². The minimum absolute atomic E-state index is 0.0609. The van der Waals surface area contributed by atoms with Gasteiger partial charge in [0.25, 0.3) is 0 Å². The highest BCUT2D eigenvalue weighted by atomic mass is 35.5. The first-order valence-corrected chi connectivity index (χ1v) is 4.98. The number of halogens is 4. The van der Waals surface area contributed by atoms with Crippen LogP contribution in [0.5, 0.6) is 5.75 Å². The highest BCUT2D eigenvalue weighted by Crippen LogP contribution is 2.37. The first-order valence-electron chi connectivity index (χ1n) is 4.60. The normalized spacial score (nSPS) is 11.6. The maximum absolute atomic E-state index is 12.6. The number of carbonyl (C=O) groups excluding carboxylic acids is 1. The average Bonchev–Trinajstić information content (AvgIpc) is 2.20. The van der Waals surface area contributed by atoms with E-state index < -0.39 is 28.8 Å². The van der Waals surface area contributed by atoms with Crippen molar-refractivity contribution in [2.75, 3.05) is 6.54 Å². The van der Waals surface area contributed by atoms with Crippen LogP contribution in [0.2, 0.25) is 5.02 Å². The number of ketones is 1. The summed E-state index contributed by atoms with van der Waals surface area (Å²) in [5, 5.41) is 8.82. The number of phenols is 1. The number of Topliss-reactive ketones (excluding diaryl/α,β-unsaturated/α-hetero) is 1. The Kier molecular flexibility index (Phi) is 4.00. The van der Waals surface area contributed by atoms with Crippen LogP contribution in [0.1, 0.15) is 22.3 Å². The van der Waals surface area contributed by atoms with E-state index in [0.29, 0.717) is 6.07 Å². The van der Waals surface area contributed by atoms with Crippen molar-refractivity contribution in [3.63, 3.8) is 0 Å². The Morgan fingerprint density at radius 3 is 2.47 bits per heavy atom. The number of phenolic OH excluding ortho intramolecular Hbond substituents is 1. The number of aromatic hydroxyl groups is 1. The van der Waals surface area contributed by atoms with E-state index in [1.807, 2.05) is 0 Å². The second-order valence-electron chi connectivity index (χ2n) is 3.31. The van der Waals surface area contributed by atoms with Gasteiger partial charge in [0.1, 0.15) is 5.75 Å². The van der Waals surface area contributed by atoms with Gasteiger partial charge in [-0.25, -0.2) is 0 Å². The van der Waals surface area contributed by atoms with Crippen LogP contribution in [0, 0.1) is 0 Å². The summed E-state index contributed by atoms with van der Waals surface area (Å²) in [6.07, 6.45) is -4.95. The maximum Gasteiger partial charge on any atom is 0.417 e. The molecule has 0 atom stereocenters. The fourth-order valence-corrected chi connectivity index (χ4v) is 1.46. The molecule has 0 saturated carbocycles. The van der Waals surface area contributed by atoms with Crippen LogP contribution >= 0.6 is 11.6 Å². The van der Waals surface area contributed by atoms with Gasteiger partial charge >= 0.3 is 6.18 Å².